The fourth-order valence-corrected chi connectivity index (χ4v) is 4.55. The second-order valence-electron chi connectivity index (χ2n) is 6.22. The van der Waals surface area contributed by atoms with E-state index in [1.54, 1.807) is 0 Å². The van der Waals surface area contributed by atoms with E-state index in [9.17, 15) is 0 Å². The summed E-state index contributed by atoms with van der Waals surface area (Å²) in [6.45, 7) is 3.22. The minimum Gasteiger partial charge on any atom is -0.308 e. The molecular weight excluding hydrogens is 276 g/mol. The van der Waals surface area contributed by atoms with Gasteiger partial charge in [-0.25, -0.2) is 4.98 Å². The van der Waals surface area contributed by atoms with Crippen LogP contribution in [0.15, 0.2) is 24.3 Å². The summed E-state index contributed by atoms with van der Waals surface area (Å²) in [7, 11) is 0. The number of hydrogen-bond donors (Lipinski definition) is 1. The minimum atomic E-state index is 0.440. The van der Waals surface area contributed by atoms with Crippen LogP contribution in [0, 0.1) is 5.92 Å². The summed E-state index contributed by atoms with van der Waals surface area (Å²) in [6, 6.07) is 8.95. The van der Waals surface area contributed by atoms with Crippen LogP contribution in [0.3, 0.4) is 0 Å². The molecule has 0 amide bonds. The van der Waals surface area contributed by atoms with Crippen molar-refractivity contribution in [3.05, 3.63) is 29.3 Å². The molecule has 1 fully saturated rings. The molecule has 1 aliphatic rings. The molecule has 0 spiro atoms. The number of rotatable bonds is 5. The van der Waals surface area contributed by atoms with Gasteiger partial charge in [-0.1, -0.05) is 57.6 Å². The summed E-state index contributed by atoms with van der Waals surface area (Å²) in [5, 5.41) is 4.96. The van der Waals surface area contributed by atoms with Crippen molar-refractivity contribution in [2.24, 2.45) is 5.92 Å². The van der Waals surface area contributed by atoms with Crippen LogP contribution in [0.1, 0.15) is 62.9 Å². The van der Waals surface area contributed by atoms with E-state index in [1.807, 2.05) is 11.3 Å². The third-order valence-corrected chi connectivity index (χ3v) is 5.75. The lowest BCUT2D eigenvalue weighted by molar-refractivity contribution is 0.359. The lowest BCUT2D eigenvalue weighted by Gasteiger charge is -2.21. The lowest BCUT2D eigenvalue weighted by Crippen LogP contribution is -2.23. The third-order valence-electron chi connectivity index (χ3n) is 4.60. The normalized spacial score (nSPS) is 18.7. The number of fused-ring (bicyclic) bond motifs is 1. The van der Waals surface area contributed by atoms with Gasteiger partial charge in [-0.2, -0.15) is 0 Å². The Kier molecular flexibility index (Phi) is 5.26. The molecule has 21 heavy (non-hydrogen) atoms. The molecule has 114 valence electrons. The zero-order valence-corrected chi connectivity index (χ0v) is 13.8. The molecule has 0 aliphatic heterocycles. The molecule has 1 N–H and O–H groups in total. The number of hydrogen-bond acceptors (Lipinski definition) is 3. The van der Waals surface area contributed by atoms with Crippen LogP contribution in [0.4, 0.5) is 0 Å². The summed E-state index contributed by atoms with van der Waals surface area (Å²) in [5.41, 5.74) is 1.15. The van der Waals surface area contributed by atoms with Gasteiger partial charge in [-0.3, -0.25) is 0 Å². The van der Waals surface area contributed by atoms with Crippen molar-refractivity contribution in [1.29, 1.82) is 0 Å². The molecule has 2 aromatic rings. The largest absolute Gasteiger partial charge is 0.308 e. The number of benzene rings is 1. The molecule has 1 aromatic carbocycles. The molecule has 0 radical (unpaired) electrons. The number of nitrogens with one attached hydrogen (secondary N) is 1. The van der Waals surface area contributed by atoms with Crippen molar-refractivity contribution in [3.63, 3.8) is 0 Å². The van der Waals surface area contributed by atoms with Crippen LogP contribution < -0.4 is 5.32 Å². The summed E-state index contributed by atoms with van der Waals surface area (Å²) < 4.78 is 1.32. The first-order chi connectivity index (χ1) is 10.4. The first-order valence-corrected chi connectivity index (χ1v) is 9.27. The Bertz CT molecular complexity index is 522. The highest BCUT2D eigenvalue weighted by molar-refractivity contribution is 7.18. The van der Waals surface area contributed by atoms with Gasteiger partial charge in [0.25, 0.3) is 0 Å². The smallest absolute Gasteiger partial charge is 0.111 e. The average Bonchev–Trinajstić information content (AvgIpc) is 2.77. The Labute approximate surface area is 132 Å². The van der Waals surface area contributed by atoms with Gasteiger partial charge in [0.2, 0.25) is 0 Å². The molecule has 1 aromatic heterocycles. The first kappa shape index (κ1) is 15.0. The number of para-hydroxylation sites is 1. The standard InChI is InChI=1S/C18H26N2S/c1-2-19-16(13-14-9-5-3-4-6-10-14)18-20-15-11-7-8-12-17(15)21-18/h7-8,11-12,14,16,19H,2-6,9-10,13H2,1H3. The summed E-state index contributed by atoms with van der Waals surface area (Å²) in [6.07, 6.45) is 9.78. The van der Waals surface area contributed by atoms with Crippen LogP contribution in [0.25, 0.3) is 10.2 Å². The van der Waals surface area contributed by atoms with Crippen molar-refractivity contribution in [3.8, 4) is 0 Å². The monoisotopic (exact) mass is 302 g/mol. The summed E-state index contributed by atoms with van der Waals surface area (Å²) >= 11 is 1.87. The maximum absolute atomic E-state index is 4.88. The fraction of sp³-hybridized carbons (Fsp3) is 0.611. The minimum absolute atomic E-state index is 0.440. The maximum atomic E-state index is 4.88. The van der Waals surface area contributed by atoms with Crippen LogP contribution in [-0.2, 0) is 0 Å². The van der Waals surface area contributed by atoms with Crippen molar-refractivity contribution < 1.29 is 0 Å². The predicted molar refractivity (Wildman–Crippen MR) is 91.8 cm³/mol. The lowest BCUT2D eigenvalue weighted by atomic mass is 9.92. The molecule has 1 aliphatic carbocycles. The van der Waals surface area contributed by atoms with E-state index >= 15 is 0 Å². The summed E-state index contributed by atoms with van der Waals surface area (Å²) in [4.78, 5) is 4.88. The van der Waals surface area contributed by atoms with Crippen molar-refractivity contribution in [2.75, 3.05) is 6.54 Å². The van der Waals surface area contributed by atoms with Gasteiger partial charge in [0.15, 0.2) is 0 Å². The van der Waals surface area contributed by atoms with Crippen LogP contribution >= 0.6 is 11.3 Å². The van der Waals surface area contributed by atoms with Gasteiger partial charge < -0.3 is 5.32 Å². The molecule has 0 bridgehead atoms. The Morgan fingerprint density at radius 3 is 2.67 bits per heavy atom. The summed E-state index contributed by atoms with van der Waals surface area (Å²) in [5.74, 6) is 0.878. The van der Waals surface area contributed by atoms with Gasteiger partial charge in [-0.05, 0) is 31.0 Å². The molecular formula is C18H26N2S. The van der Waals surface area contributed by atoms with Crippen LogP contribution in [0.2, 0.25) is 0 Å². The van der Waals surface area contributed by atoms with Gasteiger partial charge in [0.1, 0.15) is 5.01 Å². The molecule has 2 nitrogen and oxygen atoms in total. The average molecular weight is 302 g/mol. The van der Waals surface area contributed by atoms with Crippen molar-refractivity contribution in [1.82, 2.24) is 10.3 Å². The fourth-order valence-electron chi connectivity index (χ4n) is 3.49. The molecule has 1 saturated carbocycles. The molecule has 3 rings (SSSR count). The topological polar surface area (TPSA) is 24.9 Å². The van der Waals surface area contributed by atoms with E-state index in [4.69, 9.17) is 4.98 Å². The van der Waals surface area contributed by atoms with E-state index in [0.29, 0.717) is 6.04 Å². The highest BCUT2D eigenvalue weighted by atomic mass is 32.1. The molecule has 1 atom stereocenters. The van der Waals surface area contributed by atoms with Crippen LogP contribution in [0.5, 0.6) is 0 Å². The Morgan fingerprint density at radius 1 is 1.19 bits per heavy atom. The zero-order valence-electron chi connectivity index (χ0n) is 13.0. The SMILES string of the molecule is CCNC(CC1CCCCCC1)c1nc2ccccc2s1. The Morgan fingerprint density at radius 2 is 1.95 bits per heavy atom. The maximum Gasteiger partial charge on any atom is 0.111 e. The van der Waals surface area contributed by atoms with Gasteiger partial charge >= 0.3 is 0 Å². The van der Waals surface area contributed by atoms with E-state index in [0.717, 1.165) is 18.0 Å². The van der Waals surface area contributed by atoms with Gasteiger partial charge in [0.05, 0.1) is 16.3 Å². The van der Waals surface area contributed by atoms with Gasteiger partial charge in [0, 0.05) is 0 Å². The van der Waals surface area contributed by atoms with Crippen molar-refractivity contribution in [2.45, 2.75) is 57.9 Å². The molecule has 1 unspecified atom stereocenters. The second kappa shape index (κ2) is 7.37. The Hall–Kier alpha value is -0.930. The van der Waals surface area contributed by atoms with E-state index in [-0.39, 0.29) is 0 Å². The van der Waals surface area contributed by atoms with E-state index in [1.165, 1.54) is 54.7 Å². The predicted octanol–water partition coefficient (Wildman–Crippen LogP) is 5.31. The van der Waals surface area contributed by atoms with E-state index in [2.05, 4.69) is 36.5 Å². The van der Waals surface area contributed by atoms with Crippen LogP contribution in [-0.4, -0.2) is 11.5 Å². The third kappa shape index (κ3) is 3.83. The zero-order chi connectivity index (χ0) is 14.5. The van der Waals surface area contributed by atoms with Gasteiger partial charge in [-0.15, -0.1) is 11.3 Å². The van der Waals surface area contributed by atoms with Crippen molar-refractivity contribution >= 4 is 21.6 Å². The second-order valence-corrected chi connectivity index (χ2v) is 7.29. The Balaban J connectivity index is 1.76. The molecule has 3 heteroatoms. The number of thiazole rings is 1. The highest BCUT2D eigenvalue weighted by Gasteiger charge is 2.21. The van der Waals surface area contributed by atoms with E-state index < -0.39 is 0 Å². The molecule has 1 heterocycles. The number of aromatic nitrogens is 1. The first-order valence-electron chi connectivity index (χ1n) is 8.45. The highest BCUT2D eigenvalue weighted by Crippen LogP contribution is 2.34. The quantitative estimate of drug-likeness (QED) is 0.757. The number of nitrogens with zero attached hydrogens (tertiary/aromatic N) is 1. The molecule has 0 saturated heterocycles.